The standard InChI is InChI=1S/C34H34ClN7O4/c1-39(2)22-13-14-41(19-22)33(44)20-9-11-27-21(15-20)16-28(38-27)31(43)25-18-37-42(32(25)36)29-12-10-23(17-26(29)35)46-30-8-6-5-7-24(30)34(45)40(3)4/h5-12,15-18,22,38H,13-14,19,36H2,1-4H3. The minimum absolute atomic E-state index is 0.0228. The summed E-state index contributed by atoms with van der Waals surface area (Å²) in [4.78, 5) is 47.9. The number of ether oxygens (including phenoxy) is 1. The molecule has 2 amide bonds. The van der Waals surface area contributed by atoms with E-state index in [1.165, 1.54) is 15.8 Å². The Labute approximate surface area is 271 Å². The molecule has 0 aliphatic carbocycles. The molecule has 236 valence electrons. The van der Waals surface area contributed by atoms with E-state index in [4.69, 9.17) is 22.1 Å². The van der Waals surface area contributed by atoms with Crippen molar-refractivity contribution in [3.63, 3.8) is 0 Å². The van der Waals surface area contributed by atoms with Crippen LogP contribution in [0.1, 0.15) is 43.2 Å². The molecule has 1 aliphatic rings. The normalized spacial score (nSPS) is 14.7. The van der Waals surface area contributed by atoms with E-state index in [1.807, 2.05) is 25.1 Å². The van der Waals surface area contributed by atoms with Crippen LogP contribution in [-0.2, 0) is 0 Å². The number of H-pyrrole nitrogens is 1. The number of halogens is 1. The summed E-state index contributed by atoms with van der Waals surface area (Å²) in [5.41, 5.74) is 9.11. The number of rotatable bonds is 8. The summed E-state index contributed by atoms with van der Waals surface area (Å²) in [6, 6.07) is 19.3. The van der Waals surface area contributed by atoms with Gasteiger partial charge >= 0.3 is 0 Å². The molecule has 12 heteroatoms. The summed E-state index contributed by atoms with van der Waals surface area (Å²) in [6.07, 6.45) is 2.34. The molecule has 1 atom stereocenters. The summed E-state index contributed by atoms with van der Waals surface area (Å²) >= 11 is 6.63. The Morgan fingerprint density at radius 1 is 1.00 bits per heavy atom. The average molecular weight is 640 g/mol. The van der Waals surface area contributed by atoms with Gasteiger partial charge in [0.2, 0.25) is 5.78 Å². The number of benzene rings is 3. The molecule has 5 aromatic rings. The lowest BCUT2D eigenvalue weighted by Gasteiger charge is -2.20. The summed E-state index contributed by atoms with van der Waals surface area (Å²) in [7, 11) is 7.40. The van der Waals surface area contributed by atoms with Gasteiger partial charge < -0.3 is 30.2 Å². The van der Waals surface area contributed by atoms with Crippen LogP contribution in [-0.4, -0.2) is 94.4 Å². The van der Waals surface area contributed by atoms with E-state index in [0.29, 0.717) is 53.1 Å². The number of carbonyl (C=O) groups excluding carboxylic acids is 3. The number of hydrogen-bond donors (Lipinski definition) is 2. The van der Waals surface area contributed by atoms with E-state index in [-0.39, 0.29) is 34.0 Å². The molecule has 6 rings (SSSR count). The summed E-state index contributed by atoms with van der Waals surface area (Å²) in [5.74, 6) is 0.351. The second-order valence-electron chi connectivity index (χ2n) is 11.7. The number of nitrogens with two attached hydrogens (primary N) is 1. The van der Waals surface area contributed by atoms with Crippen LogP contribution in [0, 0.1) is 0 Å². The number of fused-ring (bicyclic) bond motifs is 1. The molecule has 11 nitrogen and oxygen atoms in total. The van der Waals surface area contributed by atoms with Crippen LogP contribution in [0.3, 0.4) is 0 Å². The Bertz CT molecular complexity index is 1980. The van der Waals surface area contributed by atoms with Gasteiger partial charge in [-0.15, -0.1) is 0 Å². The molecule has 0 saturated carbocycles. The van der Waals surface area contributed by atoms with Gasteiger partial charge in [0.15, 0.2) is 0 Å². The number of aromatic amines is 1. The van der Waals surface area contributed by atoms with Crippen LogP contribution in [0.2, 0.25) is 5.02 Å². The summed E-state index contributed by atoms with van der Waals surface area (Å²) in [5, 5.41) is 5.37. The topological polar surface area (TPSA) is 130 Å². The molecule has 1 saturated heterocycles. The molecule has 1 aliphatic heterocycles. The van der Waals surface area contributed by atoms with Crippen LogP contribution in [0.5, 0.6) is 11.5 Å². The predicted molar refractivity (Wildman–Crippen MR) is 177 cm³/mol. The van der Waals surface area contributed by atoms with Gasteiger partial charge in [0.25, 0.3) is 11.8 Å². The fraction of sp³-hybridized carbons (Fsp3) is 0.235. The van der Waals surface area contributed by atoms with Crippen molar-refractivity contribution in [2.24, 2.45) is 0 Å². The number of nitrogen functional groups attached to an aromatic ring is 1. The van der Waals surface area contributed by atoms with E-state index in [0.717, 1.165) is 17.3 Å². The number of para-hydroxylation sites is 1. The van der Waals surface area contributed by atoms with E-state index in [9.17, 15) is 14.4 Å². The number of nitrogens with one attached hydrogen (secondary N) is 1. The van der Waals surface area contributed by atoms with Crippen molar-refractivity contribution in [2.75, 3.05) is 47.0 Å². The monoisotopic (exact) mass is 639 g/mol. The van der Waals surface area contributed by atoms with Gasteiger partial charge in [-0.05, 0) is 69.0 Å². The zero-order valence-corrected chi connectivity index (χ0v) is 26.7. The van der Waals surface area contributed by atoms with Gasteiger partial charge in [0.1, 0.15) is 17.3 Å². The molecule has 2 aromatic heterocycles. The molecule has 3 heterocycles. The zero-order chi connectivity index (χ0) is 32.7. The maximum Gasteiger partial charge on any atom is 0.257 e. The number of carbonyl (C=O) groups is 3. The second kappa shape index (κ2) is 12.3. The second-order valence-corrected chi connectivity index (χ2v) is 12.1. The van der Waals surface area contributed by atoms with Crippen molar-refractivity contribution in [3.8, 4) is 17.2 Å². The average Bonchev–Trinajstić information content (AvgIpc) is 3.79. The van der Waals surface area contributed by atoms with Gasteiger partial charge in [-0.1, -0.05) is 23.7 Å². The molecular formula is C34H34ClN7O4. The number of ketones is 1. The highest BCUT2D eigenvalue weighted by molar-refractivity contribution is 6.32. The summed E-state index contributed by atoms with van der Waals surface area (Å²) < 4.78 is 7.39. The Kier molecular flexibility index (Phi) is 8.28. The number of likely N-dealkylation sites (N-methyl/N-ethyl adjacent to an activating group) is 1. The predicted octanol–water partition coefficient (Wildman–Crippen LogP) is 5.09. The summed E-state index contributed by atoms with van der Waals surface area (Å²) in [6.45, 7) is 1.40. The van der Waals surface area contributed by atoms with Crippen molar-refractivity contribution >= 4 is 45.9 Å². The Morgan fingerprint density at radius 2 is 1.78 bits per heavy atom. The lowest BCUT2D eigenvalue weighted by Crippen LogP contribution is -2.34. The lowest BCUT2D eigenvalue weighted by molar-refractivity contribution is 0.0782. The Balaban J connectivity index is 1.21. The quantitative estimate of drug-likeness (QED) is 0.226. The van der Waals surface area contributed by atoms with Crippen LogP contribution in [0.4, 0.5) is 5.82 Å². The number of anilines is 1. The smallest absolute Gasteiger partial charge is 0.257 e. The van der Waals surface area contributed by atoms with Crippen molar-refractivity contribution in [1.82, 2.24) is 29.5 Å². The third-order valence-corrected chi connectivity index (χ3v) is 8.55. The third kappa shape index (κ3) is 5.82. The largest absolute Gasteiger partial charge is 0.456 e. The molecule has 1 fully saturated rings. The lowest BCUT2D eigenvalue weighted by atomic mass is 10.1. The van der Waals surface area contributed by atoms with Crippen LogP contribution in [0.25, 0.3) is 16.6 Å². The number of amides is 2. The van der Waals surface area contributed by atoms with Gasteiger partial charge in [-0.3, -0.25) is 14.4 Å². The zero-order valence-electron chi connectivity index (χ0n) is 26.0. The molecule has 0 radical (unpaired) electrons. The first-order chi connectivity index (χ1) is 22.0. The molecule has 3 N–H and O–H groups in total. The number of aromatic nitrogens is 3. The van der Waals surface area contributed by atoms with Crippen molar-refractivity contribution in [1.29, 1.82) is 0 Å². The van der Waals surface area contributed by atoms with Gasteiger partial charge in [0, 0.05) is 55.8 Å². The first-order valence-electron chi connectivity index (χ1n) is 14.8. The van der Waals surface area contributed by atoms with Gasteiger partial charge in [0.05, 0.1) is 33.7 Å². The highest BCUT2D eigenvalue weighted by atomic mass is 35.5. The maximum absolute atomic E-state index is 13.6. The van der Waals surface area contributed by atoms with Crippen LogP contribution < -0.4 is 10.5 Å². The molecule has 0 bridgehead atoms. The molecular weight excluding hydrogens is 606 g/mol. The van der Waals surface area contributed by atoms with E-state index in [1.54, 1.807) is 74.8 Å². The number of nitrogens with zero attached hydrogens (tertiary/aromatic N) is 5. The minimum atomic E-state index is -0.348. The fourth-order valence-corrected chi connectivity index (χ4v) is 5.86. The fourth-order valence-electron chi connectivity index (χ4n) is 5.61. The first-order valence-corrected chi connectivity index (χ1v) is 15.1. The Hall–Kier alpha value is -5.13. The Morgan fingerprint density at radius 3 is 2.50 bits per heavy atom. The van der Waals surface area contributed by atoms with Crippen LogP contribution in [0.15, 0.2) is 72.9 Å². The van der Waals surface area contributed by atoms with Gasteiger partial charge in [-0.25, -0.2) is 4.68 Å². The molecule has 1 unspecified atom stereocenters. The van der Waals surface area contributed by atoms with Crippen molar-refractivity contribution in [2.45, 2.75) is 12.5 Å². The minimum Gasteiger partial charge on any atom is -0.456 e. The van der Waals surface area contributed by atoms with E-state index >= 15 is 0 Å². The number of hydrogen-bond acceptors (Lipinski definition) is 7. The third-order valence-electron chi connectivity index (χ3n) is 8.24. The van der Waals surface area contributed by atoms with Crippen molar-refractivity contribution in [3.05, 3.63) is 100 Å². The van der Waals surface area contributed by atoms with E-state index in [2.05, 4.69) is 15.0 Å². The van der Waals surface area contributed by atoms with Crippen molar-refractivity contribution < 1.29 is 19.1 Å². The van der Waals surface area contributed by atoms with Crippen LogP contribution >= 0.6 is 11.6 Å². The molecule has 46 heavy (non-hydrogen) atoms. The SMILES string of the molecule is CN(C)C(=O)c1ccccc1Oc1ccc(-n2ncc(C(=O)c3cc4cc(C(=O)N5CCC(N(C)C)C5)ccc4[nH]3)c2N)c(Cl)c1. The highest BCUT2D eigenvalue weighted by Gasteiger charge is 2.28. The first kappa shape index (κ1) is 30.9. The molecule has 3 aromatic carbocycles. The van der Waals surface area contributed by atoms with Gasteiger partial charge in [-0.2, -0.15) is 5.10 Å². The number of likely N-dealkylation sites (tertiary alicyclic amines) is 1. The maximum atomic E-state index is 13.6. The highest BCUT2D eigenvalue weighted by Crippen LogP contribution is 2.33. The molecule has 0 spiro atoms. The van der Waals surface area contributed by atoms with E-state index < -0.39 is 0 Å².